The molecule has 3 unspecified atom stereocenters. The first-order valence-corrected chi connectivity index (χ1v) is 6.41. The molecule has 88 valence electrons. The molecule has 1 saturated carbocycles. The van der Waals surface area contributed by atoms with E-state index in [4.69, 9.17) is 11.6 Å². The van der Waals surface area contributed by atoms with Crippen LogP contribution < -0.4 is 5.32 Å². The minimum Gasteiger partial charge on any atom is -0.367 e. The zero-order valence-electron chi connectivity index (χ0n) is 9.91. The Kier molecular flexibility index (Phi) is 3.70. The molecule has 1 N–H and O–H groups in total. The zero-order chi connectivity index (χ0) is 11.5. The lowest BCUT2D eigenvalue weighted by Gasteiger charge is -2.32. The van der Waals surface area contributed by atoms with Crippen LogP contribution >= 0.6 is 11.6 Å². The lowest BCUT2D eigenvalue weighted by Crippen LogP contribution is -2.30. The largest absolute Gasteiger partial charge is 0.367 e. The highest BCUT2D eigenvalue weighted by Gasteiger charge is 2.24. The summed E-state index contributed by atoms with van der Waals surface area (Å²) in [5.41, 5.74) is 0. The molecule has 3 heteroatoms. The molecule has 0 radical (unpaired) electrons. The van der Waals surface area contributed by atoms with E-state index in [0.717, 1.165) is 17.7 Å². The maximum Gasteiger partial charge on any atom is 0.126 e. The van der Waals surface area contributed by atoms with Gasteiger partial charge in [0.05, 0.1) is 5.02 Å². The van der Waals surface area contributed by atoms with Gasteiger partial charge in [-0.05, 0) is 43.2 Å². The van der Waals surface area contributed by atoms with E-state index in [1.165, 1.54) is 19.3 Å². The van der Waals surface area contributed by atoms with Gasteiger partial charge in [-0.25, -0.2) is 4.98 Å². The van der Waals surface area contributed by atoms with E-state index in [2.05, 4.69) is 24.1 Å². The van der Waals surface area contributed by atoms with Gasteiger partial charge in [0.15, 0.2) is 0 Å². The fourth-order valence-electron chi connectivity index (χ4n) is 2.35. The number of rotatable bonds is 2. The van der Waals surface area contributed by atoms with Crippen molar-refractivity contribution in [2.45, 2.75) is 39.2 Å². The Balaban J connectivity index is 1.93. The standard InChI is InChI=1S/C13H19ClN2/c1-9-3-5-12(7-10(9)2)16-13-6-4-11(14)8-15-13/h4,6,8-10,12H,3,5,7H2,1-2H3,(H,15,16). The van der Waals surface area contributed by atoms with Gasteiger partial charge in [0.25, 0.3) is 0 Å². The van der Waals surface area contributed by atoms with Gasteiger partial charge in [0.1, 0.15) is 5.82 Å². The Morgan fingerprint density at radius 3 is 2.69 bits per heavy atom. The first kappa shape index (κ1) is 11.7. The Hall–Kier alpha value is -0.760. The number of hydrogen-bond donors (Lipinski definition) is 1. The maximum atomic E-state index is 5.81. The van der Waals surface area contributed by atoms with E-state index in [9.17, 15) is 0 Å². The third-order valence-corrected chi connectivity index (χ3v) is 3.90. The Morgan fingerprint density at radius 2 is 2.06 bits per heavy atom. The quantitative estimate of drug-likeness (QED) is 0.843. The van der Waals surface area contributed by atoms with Crippen LogP contribution in [0.4, 0.5) is 5.82 Å². The smallest absolute Gasteiger partial charge is 0.126 e. The van der Waals surface area contributed by atoms with Gasteiger partial charge in [-0.15, -0.1) is 0 Å². The predicted molar refractivity (Wildman–Crippen MR) is 68.8 cm³/mol. The van der Waals surface area contributed by atoms with E-state index >= 15 is 0 Å². The minimum atomic E-state index is 0.569. The lowest BCUT2D eigenvalue weighted by molar-refractivity contribution is 0.260. The first-order chi connectivity index (χ1) is 7.65. The van der Waals surface area contributed by atoms with Gasteiger partial charge in [0, 0.05) is 12.2 Å². The summed E-state index contributed by atoms with van der Waals surface area (Å²) in [6, 6.07) is 4.40. The van der Waals surface area contributed by atoms with Crippen molar-refractivity contribution in [2.75, 3.05) is 5.32 Å². The SMILES string of the molecule is CC1CCC(Nc2ccc(Cl)cn2)CC1C. The van der Waals surface area contributed by atoms with Crippen LogP contribution in [0.5, 0.6) is 0 Å². The molecule has 1 aliphatic rings. The Labute approximate surface area is 102 Å². The highest BCUT2D eigenvalue weighted by molar-refractivity contribution is 6.30. The van der Waals surface area contributed by atoms with Crippen LogP contribution in [-0.4, -0.2) is 11.0 Å². The number of pyridine rings is 1. The Bertz CT molecular complexity index is 336. The molecule has 1 aliphatic carbocycles. The summed E-state index contributed by atoms with van der Waals surface area (Å²) in [6.45, 7) is 4.69. The summed E-state index contributed by atoms with van der Waals surface area (Å²) in [5, 5.41) is 4.18. The van der Waals surface area contributed by atoms with Crippen molar-refractivity contribution in [1.82, 2.24) is 4.98 Å². The monoisotopic (exact) mass is 238 g/mol. The number of hydrogen-bond acceptors (Lipinski definition) is 2. The van der Waals surface area contributed by atoms with Crippen molar-refractivity contribution >= 4 is 17.4 Å². The number of halogens is 1. The molecule has 0 bridgehead atoms. The van der Waals surface area contributed by atoms with Crippen molar-refractivity contribution in [3.05, 3.63) is 23.4 Å². The summed E-state index contributed by atoms with van der Waals surface area (Å²) in [5.74, 6) is 2.60. The van der Waals surface area contributed by atoms with Gasteiger partial charge in [-0.1, -0.05) is 25.4 Å². The van der Waals surface area contributed by atoms with Crippen LogP contribution in [0.15, 0.2) is 18.3 Å². The van der Waals surface area contributed by atoms with Gasteiger partial charge in [0.2, 0.25) is 0 Å². The molecule has 1 aromatic rings. The number of nitrogens with one attached hydrogen (secondary N) is 1. The highest BCUT2D eigenvalue weighted by atomic mass is 35.5. The van der Waals surface area contributed by atoms with E-state index in [1.807, 2.05) is 12.1 Å². The topological polar surface area (TPSA) is 24.9 Å². The second-order valence-electron chi connectivity index (χ2n) is 4.97. The second kappa shape index (κ2) is 5.05. The molecule has 3 atom stereocenters. The third kappa shape index (κ3) is 2.88. The first-order valence-electron chi connectivity index (χ1n) is 6.03. The van der Waals surface area contributed by atoms with Gasteiger partial charge >= 0.3 is 0 Å². The van der Waals surface area contributed by atoms with Crippen molar-refractivity contribution < 1.29 is 0 Å². The molecule has 2 rings (SSSR count). The molecule has 2 nitrogen and oxygen atoms in total. The van der Waals surface area contributed by atoms with Crippen molar-refractivity contribution in [3.8, 4) is 0 Å². The van der Waals surface area contributed by atoms with Crippen LogP contribution in [0, 0.1) is 11.8 Å². The van der Waals surface area contributed by atoms with Crippen molar-refractivity contribution in [3.63, 3.8) is 0 Å². The molecule has 1 heterocycles. The van der Waals surface area contributed by atoms with Crippen molar-refractivity contribution in [1.29, 1.82) is 0 Å². The highest BCUT2D eigenvalue weighted by Crippen LogP contribution is 2.30. The van der Waals surface area contributed by atoms with E-state index in [0.29, 0.717) is 11.1 Å². The van der Waals surface area contributed by atoms with Crippen LogP contribution in [-0.2, 0) is 0 Å². The van der Waals surface area contributed by atoms with E-state index < -0.39 is 0 Å². The summed E-state index contributed by atoms with van der Waals surface area (Å²) < 4.78 is 0. The van der Waals surface area contributed by atoms with Crippen molar-refractivity contribution in [2.24, 2.45) is 11.8 Å². The Morgan fingerprint density at radius 1 is 1.25 bits per heavy atom. The number of aromatic nitrogens is 1. The molecular formula is C13H19ClN2. The fraction of sp³-hybridized carbons (Fsp3) is 0.615. The van der Waals surface area contributed by atoms with Crippen LogP contribution in [0.25, 0.3) is 0 Å². The van der Waals surface area contributed by atoms with Gasteiger partial charge in [-0.2, -0.15) is 0 Å². The molecule has 0 amide bonds. The van der Waals surface area contributed by atoms with Crippen LogP contribution in [0.2, 0.25) is 5.02 Å². The van der Waals surface area contributed by atoms with Gasteiger partial charge in [-0.3, -0.25) is 0 Å². The summed E-state index contributed by atoms with van der Waals surface area (Å²) in [7, 11) is 0. The zero-order valence-corrected chi connectivity index (χ0v) is 10.7. The third-order valence-electron chi connectivity index (χ3n) is 3.68. The molecule has 0 aliphatic heterocycles. The maximum absolute atomic E-state index is 5.81. The fourth-order valence-corrected chi connectivity index (χ4v) is 2.46. The summed E-state index contributed by atoms with van der Waals surface area (Å²) in [6.07, 6.45) is 5.49. The predicted octanol–water partition coefficient (Wildman–Crippen LogP) is 3.97. The van der Waals surface area contributed by atoms with E-state index in [-0.39, 0.29) is 0 Å². The summed E-state index contributed by atoms with van der Waals surface area (Å²) in [4.78, 5) is 4.27. The molecule has 16 heavy (non-hydrogen) atoms. The molecular weight excluding hydrogens is 220 g/mol. The summed E-state index contributed by atoms with van der Waals surface area (Å²) >= 11 is 5.81. The molecule has 0 spiro atoms. The molecule has 0 aromatic carbocycles. The van der Waals surface area contributed by atoms with Gasteiger partial charge < -0.3 is 5.32 Å². The second-order valence-corrected chi connectivity index (χ2v) is 5.41. The average Bonchev–Trinajstić information content (AvgIpc) is 2.27. The minimum absolute atomic E-state index is 0.569. The van der Waals surface area contributed by atoms with Crippen LogP contribution in [0.1, 0.15) is 33.1 Å². The number of nitrogens with zero attached hydrogens (tertiary/aromatic N) is 1. The van der Waals surface area contributed by atoms with E-state index in [1.54, 1.807) is 6.20 Å². The lowest BCUT2D eigenvalue weighted by atomic mass is 9.79. The average molecular weight is 239 g/mol. The molecule has 1 fully saturated rings. The molecule has 1 aromatic heterocycles. The molecule has 0 saturated heterocycles. The number of anilines is 1. The van der Waals surface area contributed by atoms with Crippen LogP contribution in [0.3, 0.4) is 0 Å². The normalized spacial score (nSPS) is 30.1.